The first-order chi connectivity index (χ1) is 12.8. The fraction of sp³-hybridized carbons (Fsp3) is 0.400. The summed E-state index contributed by atoms with van der Waals surface area (Å²) >= 11 is 0. The van der Waals surface area contributed by atoms with Crippen molar-refractivity contribution in [1.82, 2.24) is 15.4 Å². The van der Waals surface area contributed by atoms with Crippen LogP contribution in [0.5, 0.6) is 0 Å². The van der Waals surface area contributed by atoms with E-state index in [-0.39, 0.29) is 17.3 Å². The van der Waals surface area contributed by atoms with Gasteiger partial charge in [0.1, 0.15) is 5.69 Å². The highest BCUT2D eigenvalue weighted by molar-refractivity contribution is 6.07. The fourth-order valence-electron chi connectivity index (χ4n) is 3.45. The molecule has 0 saturated heterocycles. The Labute approximate surface area is 158 Å². The van der Waals surface area contributed by atoms with E-state index in [4.69, 9.17) is 4.74 Å². The van der Waals surface area contributed by atoms with Gasteiger partial charge < -0.3 is 9.72 Å². The zero-order chi connectivity index (χ0) is 19.6. The molecule has 0 aliphatic heterocycles. The summed E-state index contributed by atoms with van der Waals surface area (Å²) in [6, 6.07) is 3.38. The van der Waals surface area contributed by atoms with Crippen molar-refractivity contribution in [1.29, 1.82) is 0 Å². The second kappa shape index (κ2) is 7.34. The maximum absolute atomic E-state index is 12.3. The third-order valence-electron chi connectivity index (χ3n) is 4.61. The number of ether oxygens (including phenoxy) is 1. The van der Waals surface area contributed by atoms with E-state index in [1.165, 1.54) is 6.20 Å². The van der Waals surface area contributed by atoms with Crippen LogP contribution in [0.1, 0.15) is 64.9 Å². The van der Waals surface area contributed by atoms with E-state index in [1.807, 2.05) is 6.92 Å². The standard InChI is InChI=1S/C20H24N4O3/c1-5-27-19(26)17-12(2)16-14(22-17)9-20(3,4)10-15(16)23-24-18(25)13-7-6-8-21-11-13/h6-8,11,22H,5,9-10H2,1-4H3,(H,24,25)/b23-15+. The van der Waals surface area contributed by atoms with Gasteiger partial charge in [-0.25, -0.2) is 10.2 Å². The maximum Gasteiger partial charge on any atom is 0.355 e. The van der Waals surface area contributed by atoms with Gasteiger partial charge in [0.2, 0.25) is 0 Å². The summed E-state index contributed by atoms with van der Waals surface area (Å²) in [5.41, 5.74) is 6.85. The van der Waals surface area contributed by atoms with E-state index in [0.29, 0.717) is 24.3 Å². The summed E-state index contributed by atoms with van der Waals surface area (Å²) in [6.07, 6.45) is 4.58. The van der Waals surface area contributed by atoms with Crippen molar-refractivity contribution in [3.8, 4) is 0 Å². The first-order valence-electron chi connectivity index (χ1n) is 8.98. The summed E-state index contributed by atoms with van der Waals surface area (Å²) in [5.74, 6) is -0.694. The molecular weight excluding hydrogens is 344 g/mol. The predicted molar refractivity (Wildman–Crippen MR) is 102 cm³/mol. The Morgan fingerprint density at radius 3 is 2.81 bits per heavy atom. The van der Waals surface area contributed by atoms with Gasteiger partial charge in [0.15, 0.2) is 0 Å². The molecule has 0 spiro atoms. The number of rotatable bonds is 4. The Balaban J connectivity index is 1.95. The van der Waals surface area contributed by atoms with Crippen LogP contribution in [0, 0.1) is 12.3 Å². The highest BCUT2D eigenvalue weighted by Gasteiger charge is 2.34. The SMILES string of the molecule is CCOC(=O)c1[nH]c2c(c1C)/C(=N/NC(=O)c1cccnc1)CC(C)(C)C2. The number of hydrazone groups is 1. The van der Waals surface area contributed by atoms with Crippen molar-refractivity contribution in [2.45, 2.75) is 40.5 Å². The molecule has 7 heteroatoms. The molecule has 2 N–H and O–H groups in total. The zero-order valence-electron chi connectivity index (χ0n) is 16.0. The van der Waals surface area contributed by atoms with Gasteiger partial charge in [0.25, 0.3) is 5.91 Å². The van der Waals surface area contributed by atoms with E-state index in [9.17, 15) is 9.59 Å². The van der Waals surface area contributed by atoms with E-state index in [0.717, 1.165) is 29.0 Å². The minimum Gasteiger partial charge on any atom is -0.461 e. The zero-order valence-corrected chi connectivity index (χ0v) is 16.0. The Bertz CT molecular complexity index is 897. The van der Waals surface area contributed by atoms with Crippen molar-refractivity contribution in [2.75, 3.05) is 6.61 Å². The van der Waals surface area contributed by atoms with Crippen LogP contribution in [0.15, 0.2) is 29.6 Å². The Morgan fingerprint density at radius 2 is 2.15 bits per heavy atom. The van der Waals surface area contributed by atoms with Crippen molar-refractivity contribution >= 4 is 17.6 Å². The van der Waals surface area contributed by atoms with Crippen LogP contribution in [0.3, 0.4) is 0 Å². The molecule has 3 rings (SSSR count). The first-order valence-corrected chi connectivity index (χ1v) is 8.98. The number of hydrogen-bond acceptors (Lipinski definition) is 5. The highest BCUT2D eigenvalue weighted by atomic mass is 16.5. The minimum absolute atomic E-state index is 0.0475. The summed E-state index contributed by atoms with van der Waals surface area (Å²) in [7, 11) is 0. The molecule has 2 aromatic rings. The summed E-state index contributed by atoms with van der Waals surface area (Å²) in [5, 5.41) is 4.39. The molecule has 27 heavy (non-hydrogen) atoms. The molecule has 142 valence electrons. The lowest BCUT2D eigenvalue weighted by molar-refractivity contribution is 0.0519. The largest absolute Gasteiger partial charge is 0.461 e. The smallest absolute Gasteiger partial charge is 0.355 e. The van der Waals surface area contributed by atoms with E-state index < -0.39 is 0 Å². The number of aromatic nitrogens is 2. The summed E-state index contributed by atoms with van der Waals surface area (Å²) < 4.78 is 5.14. The molecule has 7 nitrogen and oxygen atoms in total. The Kier molecular flexibility index (Phi) is 5.12. The molecule has 0 aromatic carbocycles. The number of amides is 1. The molecule has 0 saturated carbocycles. The monoisotopic (exact) mass is 368 g/mol. The number of nitrogens with zero attached hydrogens (tertiary/aromatic N) is 2. The van der Waals surface area contributed by atoms with E-state index in [2.05, 4.69) is 34.3 Å². The quantitative estimate of drug-likeness (QED) is 0.640. The number of esters is 1. The molecule has 0 atom stereocenters. The number of fused-ring (bicyclic) bond motifs is 1. The molecule has 0 fully saturated rings. The van der Waals surface area contributed by atoms with Gasteiger partial charge in [0, 0.05) is 23.7 Å². The predicted octanol–water partition coefficient (Wildman–Crippen LogP) is 3.00. The van der Waals surface area contributed by atoms with Crippen molar-refractivity contribution in [2.24, 2.45) is 10.5 Å². The topological polar surface area (TPSA) is 96.4 Å². The Morgan fingerprint density at radius 1 is 1.37 bits per heavy atom. The number of pyridine rings is 1. The second-order valence-electron chi connectivity index (χ2n) is 7.46. The molecule has 2 heterocycles. The molecule has 1 aliphatic carbocycles. The van der Waals surface area contributed by atoms with Crippen LogP contribution >= 0.6 is 0 Å². The average Bonchev–Trinajstić information content (AvgIpc) is 2.95. The number of carbonyl (C=O) groups excluding carboxylic acids is 2. The van der Waals surface area contributed by atoms with Gasteiger partial charge in [-0.3, -0.25) is 9.78 Å². The highest BCUT2D eigenvalue weighted by Crippen LogP contribution is 2.37. The fourth-order valence-corrected chi connectivity index (χ4v) is 3.45. The molecule has 1 amide bonds. The van der Waals surface area contributed by atoms with Crippen LogP contribution in [-0.2, 0) is 11.2 Å². The molecule has 1 aliphatic rings. The summed E-state index contributed by atoms with van der Waals surface area (Å²) in [6.45, 7) is 8.23. The van der Waals surface area contributed by atoms with Gasteiger partial charge in [-0.1, -0.05) is 13.8 Å². The van der Waals surface area contributed by atoms with Gasteiger partial charge in [-0.2, -0.15) is 5.10 Å². The third-order valence-corrected chi connectivity index (χ3v) is 4.61. The van der Waals surface area contributed by atoms with Crippen molar-refractivity contribution in [3.05, 3.63) is 52.6 Å². The van der Waals surface area contributed by atoms with Gasteiger partial charge in [-0.15, -0.1) is 0 Å². The van der Waals surface area contributed by atoms with Crippen LogP contribution < -0.4 is 5.43 Å². The third kappa shape index (κ3) is 3.92. The molecule has 0 bridgehead atoms. The van der Waals surface area contributed by atoms with E-state index in [1.54, 1.807) is 25.3 Å². The normalized spacial score (nSPS) is 16.7. The van der Waals surface area contributed by atoms with Gasteiger partial charge >= 0.3 is 5.97 Å². The first kappa shape index (κ1) is 18.8. The van der Waals surface area contributed by atoms with E-state index >= 15 is 0 Å². The average molecular weight is 368 g/mol. The molecule has 2 aromatic heterocycles. The maximum atomic E-state index is 12.3. The lowest BCUT2D eigenvalue weighted by Gasteiger charge is -2.30. The number of hydrogen-bond donors (Lipinski definition) is 2. The second-order valence-corrected chi connectivity index (χ2v) is 7.46. The molecular formula is C20H24N4O3. The van der Waals surface area contributed by atoms with Crippen LogP contribution in [0.2, 0.25) is 0 Å². The van der Waals surface area contributed by atoms with Crippen LogP contribution in [0.25, 0.3) is 0 Å². The van der Waals surface area contributed by atoms with Crippen molar-refractivity contribution in [3.63, 3.8) is 0 Å². The molecule has 0 unspecified atom stereocenters. The number of aromatic amines is 1. The summed E-state index contributed by atoms with van der Waals surface area (Å²) in [4.78, 5) is 31.7. The van der Waals surface area contributed by atoms with Crippen molar-refractivity contribution < 1.29 is 14.3 Å². The minimum atomic E-state index is -0.374. The molecule has 0 radical (unpaired) electrons. The number of carbonyl (C=O) groups is 2. The van der Waals surface area contributed by atoms with Gasteiger partial charge in [-0.05, 0) is 49.8 Å². The number of H-pyrrole nitrogens is 1. The lowest BCUT2D eigenvalue weighted by atomic mass is 9.75. The number of nitrogens with one attached hydrogen (secondary N) is 2. The van der Waals surface area contributed by atoms with Crippen LogP contribution in [0.4, 0.5) is 0 Å². The Hall–Kier alpha value is -2.96. The van der Waals surface area contributed by atoms with Gasteiger partial charge in [0.05, 0.1) is 17.9 Å². The lowest BCUT2D eigenvalue weighted by Crippen LogP contribution is -2.30. The van der Waals surface area contributed by atoms with Crippen LogP contribution in [-0.4, -0.2) is 34.2 Å².